The lowest BCUT2D eigenvalue weighted by Crippen LogP contribution is -2.57. The minimum Gasteiger partial charge on any atom is -0.345 e. The quantitative estimate of drug-likeness (QED) is 0.162. The summed E-state index contributed by atoms with van der Waals surface area (Å²) in [7, 11) is -2.63. The zero-order chi connectivity index (χ0) is 44.5. The summed E-state index contributed by atoms with van der Waals surface area (Å²) in [5, 5.41) is 3.28. The van der Waals surface area contributed by atoms with E-state index in [1.54, 1.807) is 11.0 Å². The van der Waals surface area contributed by atoms with E-state index in [4.69, 9.17) is 0 Å². The molecule has 2 aliphatic heterocycles. The van der Waals surface area contributed by atoms with Gasteiger partial charge in [-0.2, -0.15) is 12.7 Å². The van der Waals surface area contributed by atoms with Crippen LogP contribution in [0.3, 0.4) is 0 Å². The Kier molecular flexibility index (Phi) is 12.7. The lowest BCUT2D eigenvalue weighted by molar-refractivity contribution is -0.147. The highest BCUT2D eigenvalue weighted by molar-refractivity contribution is 7.87. The van der Waals surface area contributed by atoms with E-state index in [2.05, 4.69) is 49.2 Å². The van der Waals surface area contributed by atoms with Crippen LogP contribution in [0.15, 0.2) is 12.7 Å². The van der Waals surface area contributed by atoms with Crippen LogP contribution in [0, 0.1) is 44.8 Å². The number of hydrogen-bond donors (Lipinski definition) is 2. The Balaban J connectivity index is 1.15. The largest absolute Gasteiger partial charge is 0.345 e. The fourth-order valence-electron chi connectivity index (χ4n) is 13.3. The number of fused-ring (bicyclic) bond motifs is 1. The van der Waals surface area contributed by atoms with E-state index in [0.29, 0.717) is 19.4 Å². The molecular formula is C48H77N5O7S. The minimum absolute atomic E-state index is 0.00290. The van der Waals surface area contributed by atoms with Gasteiger partial charge in [0.25, 0.3) is 0 Å². The summed E-state index contributed by atoms with van der Waals surface area (Å²) >= 11 is 0. The standard InChI is InChI=1S/C48H77N5O7S/c1-10-33-27-46(33,43(58)50-61(59,60)51(9)34-20-16-21-34)29-39(55)37-28-48(45(7,8)47(48)23-17-24-47)30-53(37)42(57)35(44(4,5)6)26-38(54)40(32-18-12-11-13-19-32)49-41(56)36-22-14-15-25-52(36)31(2)3/h10,31-37,40H,1,11-30H2,2-9H3,(H,49,56)(H,50,58)/t33-,35-,36+,37+,40+,46-,48-/m1/s1. The fraction of sp³-hybridized carbons (Fsp3) is 0.854. The number of amides is 3. The second kappa shape index (κ2) is 16.7. The molecule has 2 spiro atoms. The van der Waals surface area contributed by atoms with Crippen molar-refractivity contribution in [1.82, 2.24) is 24.1 Å². The number of hydrogen-bond acceptors (Lipinski definition) is 8. The molecule has 61 heavy (non-hydrogen) atoms. The van der Waals surface area contributed by atoms with E-state index in [0.717, 1.165) is 96.4 Å². The van der Waals surface area contributed by atoms with Gasteiger partial charge >= 0.3 is 10.2 Å². The highest BCUT2D eigenvalue weighted by Gasteiger charge is 2.85. The molecule has 5 aliphatic carbocycles. The predicted molar refractivity (Wildman–Crippen MR) is 236 cm³/mol. The van der Waals surface area contributed by atoms with E-state index in [-0.39, 0.29) is 82.4 Å². The highest BCUT2D eigenvalue weighted by Crippen LogP contribution is 2.88. The van der Waals surface area contributed by atoms with E-state index < -0.39 is 44.9 Å². The zero-order valence-electron chi connectivity index (χ0n) is 38.7. The molecule has 13 heteroatoms. The number of carbonyl (C=O) groups is 5. The van der Waals surface area contributed by atoms with Crippen LogP contribution in [0.1, 0.15) is 164 Å². The van der Waals surface area contributed by atoms with Gasteiger partial charge in [0.15, 0.2) is 11.6 Å². The van der Waals surface area contributed by atoms with E-state index >= 15 is 4.79 Å². The first-order chi connectivity index (χ1) is 28.6. The summed E-state index contributed by atoms with van der Waals surface area (Å²) in [5.74, 6) is -2.48. The number of Topliss-reactive ketones (excluding diaryl/α,β-unsaturated/α-hetero) is 2. The number of nitrogens with one attached hydrogen (secondary N) is 2. The molecule has 0 aromatic heterocycles. The van der Waals surface area contributed by atoms with Crippen molar-refractivity contribution in [2.24, 2.45) is 44.8 Å². The lowest BCUT2D eigenvalue weighted by Gasteiger charge is -2.40. The van der Waals surface area contributed by atoms with Crippen LogP contribution in [0.4, 0.5) is 0 Å². The van der Waals surface area contributed by atoms with Gasteiger partial charge in [0.2, 0.25) is 17.7 Å². The molecule has 0 aromatic rings. The van der Waals surface area contributed by atoms with Crippen molar-refractivity contribution >= 4 is 39.5 Å². The molecule has 7 fully saturated rings. The molecule has 7 rings (SSSR count). The third-order valence-corrected chi connectivity index (χ3v) is 19.5. The molecule has 5 saturated carbocycles. The topological polar surface area (TPSA) is 153 Å². The van der Waals surface area contributed by atoms with Gasteiger partial charge in [-0.1, -0.05) is 79.2 Å². The average Bonchev–Trinajstić information content (AvgIpc) is 3.89. The summed E-state index contributed by atoms with van der Waals surface area (Å²) in [6, 6.07) is -1.73. The van der Waals surface area contributed by atoms with Crippen molar-refractivity contribution in [2.45, 2.75) is 194 Å². The van der Waals surface area contributed by atoms with Gasteiger partial charge in [0.05, 0.1) is 23.5 Å². The van der Waals surface area contributed by atoms with Gasteiger partial charge in [-0.25, -0.2) is 4.72 Å². The summed E-state index contributed by atoms with van der Waals surface area (Å²) in [4.78, 5) is 77.4. The molecule has 0 radical (unpaired) electrons. The second-order valence-corrected chi connectivity index (χ2v) is 24.3. The molecule has 2 heterocycles. The number of carbonyl (C=O) groups excluding carboxylic acids is 5. The van der Waals surface area contributed by atoms with E-state index in [1.807, 2.05) is 20.8 Å². The first-order valence-corrected chi connectivity index (χ1v) is 25.4. The molecule has 0 unspecified atom stereocenters. The fourth-order valence-corrected chi connectivity index (χ4v) is 14.5. The van der Waals surface area contributed by atoms with Crippen LogP contribution < -0.4 is 10.0 Å². The predicted octanol–water partition coefficient (Wildman–Crippen LogP) is 6.73. The van der Waals surface area contributed by atoms with Crippen LogP contribution in [0.5, 0.6) is 0 Å². The Labute approximate surface area is 366 Å². The Morgan fingerprint density at radius 2 is 1.52 bits per heavy atom. The van der Waals surface area contributed by atoms with Crippen molar-refractivity contribution in [1.29, 1.82) is 0 Å². The highest BCUT2D eigenvalue weighted by atomic mass is 32.2. The lowest BCUT2D eigenvalue weighted by atomic mass is 9.73. The molecular weight excluding hydrogens is 791 g/mol. The van der Waals surface area contributed by atoms with Crippen molar-refractivity contribution in [3.63, 3.8) is 0 Å². The van der Waals surface area contributed by atoms with Crippen LogP contribution >= 0.6 is 0 Å². The molecule has 2 saturated heterocycles. The molecule has 342 valence electrons. The van der Waals surface area contributed by atoms with Gasteiger partial charge in [-0.3, -0.25) is 28.9 Å². The number of piperidine rings is 1. The second-order valence-electron chi connectivity index (χ2n) is 22.5. The van der Waals surface area contributed by atoms with E-state index in [1.165, 1.54) is 11.4 Å². The molecule has 12 nitrogen and oxygen atoms in total. The van der Waals surface area contributed by atoms with Gasteiger partial charge in [0.1, 0.15) is 0 Å². The van der Waals surface area contributed by atoms with Gasteiger partial charge in [-0.05, 0) is 113 Å². The molecule has 7 aliphatic rings. The minimum atomic E-state index is -4.12. The van der Waals surface area contributed by atoms with Gasteiger partial charge in [-0.15, -0.1) is 6.58 Å². The van der Waals surface area contributed by atoms with Crippen molar-refractivity contribution in [3.05, 3.63) is 12.7 Å². The monoisotopic (exact) mass is 868 g/mol. The van der Waals surface area contributed by atoms with Crippen LogP contribution in [-0.2, 0) is 34.2 Å². The molecule has 0 aromatic carbocycles. The summed E-state index contributed by atoms with van der Waals surface area (Å²) < 4.78 is 30.3. The Hall–Kier alpha value is -2.64. The number of nitrogens with zero attached hydrogens (tertiary/aromatic N) is 3. The Morgan fingerprint density at radius 3 is 2.05 bits per heavy atom. The Morgan fingerprint density at radius 1 is 0.869 bits per heavy atom. The SMILES string of the molecule is C=C[C@@H]1C[C@]1(CC(=O)[C@@H]1C[C@@]2(CN1C(=O)[C@@H](CC(=O)[C@@H](NC(=O)[C@@H]1CCCCN1C(C)C)C1CCCCC1)C(C)(C)C)C(C)(C)C21CCC1)C(=O)NS(=O)(=O)N(C)C1CCC1. The summed E-state index contributed by atoms with van der Waals surface area (Å²) in [6.45, 7) is 19.9. The van der Waals surface area contributed by atoms with Crippen LogP contribution in [-0.4, -0.2) is 102 Å². The summed E-state index contributed by atoms with van der Waals surface area (Å²) in [5.41, 5.74) is -2.25. The summed E-state index contributed by atoms with van der Waals surface area (Å²) in [6.07, 6.45) is 15.4. The third-order valence-electron chi connectivity index (χ3n) is 18.0. The number of rotatable bonds is 16. The van der Waals surface area contributed by atoms with Gasteiger partial charge in [0, 0.05) is 49.9 Å². The normalized spacial score (nSPS) is 32.2. The van der Waals surface area contributed by atoms with Crippen molar-refractivity contribution in [3.8, 4) is 0 Å². The molecule has 0 bridgehead atoms. The smallest absolute Gasteiger partial charge is 0.303 e. The van der Waals surface area contributed by atoms with Crippen LogP contribution in [0.25, 0.3) is 0 Å². The average molecular weight is 868 g/mol. The first kappa shape index (κ1) is 46.4. The maximum atomic E-state index is 15.4. The van der Waals surface area contributed by atoms with E-state index in [9.17, 15) is 27.6 Å². The van der Waals surface area contributed by atoms with Crippen molar-refractivity contribution in [2.75, 3.05) is 20.1 Å². The molecule has 7 atom stereocenters. The number of ketones is 2. The molecule has 3 amide bonds. The third kappa shape index (κ3) is 7.99. The maximum Gasteiger partial charge on any atom is 0.303 e. The maximum absolute atomic E-state index is 15.4. The number of allylic oxidation sites excluding steroid dienone is 1. The number of likely N-dealkylation sites (tertiary alicyclic amines) is 2. The van der Waals surface area contributed by atoms with Crippen molar-refractivity contribution < 1.29 is 32.4 Å². The first-order valence-electron chi connectivity index (χ1n) is 23.9. The van der Waals surface area contributed by atoms with Gasteiger partial charge < -0.3 is 10.2 Å². The van der Waals surface area contributed by atoms with Crippen LogP contribution in [0.2, 0.25) is 0 Å². The molecule has 2 N–H and O–H groups in total. The zero-order valence-corrected chi connectivity index (χ0v) is 39.5. The Bertz CT molecular complexity index is 1860.